The molecular formula is C9H15NO4. The van der Waals surface area contributed by atoms with Gasteiger partial charge in [-0.05, 0) is 19.4 Å². The topological polar surface area (TPSA) is 78.6 Å². The minimum atomic E-state index is -0.711. The Labute approximate surface area is 82.9 Å². The summed E-state index contributed by atoms with van der Waals surface area (Å²) < 4.78 is 8.89. The van der Waals surface area contributed by atoms with E-state index in [9.17, 15) is 9.59 Å². The summed E-state index contributed by atoms with van der Waals surface area (Å²) in [7, 11) is 0. The van der Waals surface area contributed by atoms with Crippen LogP contribution >= 0.6 is 0 Å². The molecule has 5 nitrogen and oxygen atoms in total. The number of nitrogens with two attached hydrogens (primary N) is 1. The van der Waals surface area contributed by atoms with E-state index in [2.05, 4.69) is 10.5 Å². The largest absolute Gasteiger partial charge is 0.450 e. The average molecular weight is 201 g/mol. The Bertz CT molecular complexity index is 235. The number of esters is 1. The minimum absolute atomic E-state index is 0.212. The Balaban J connectivity index is 0.000000255. The summed E-state index contributed by atoms with van der Waals surface area (Å²) in [5.74, 6) is 0.619. The van der Waals surface area contributed by atoms with Gasteiger partial charge in [0.25, 0.3) is 0 Å². The molecule has 0 aliphatic heterocycles. The molecular weight excluding hydrogens is 186 g/mol. The zero-order valence-corrected chi connectivity index (χ0v) is 8.41. The SMILES string of the molecule is CC(=O)OC1=CCC1.CCOC(N)=O. The lowest BCUT2D eigenvalue weighted by molar-refractivity contribution is -0.137. The van der Waals surface area contributed by atoms with E-state index in [0.717, 1.165) is 18.6 Å². The van der Waals surface area contributed by atoms with Gasteiger partial charge in [0.05, 0.1) is 6.61 Å². The maximum atomic E-state index is 10.2. The van der Waals surface area contributed by atoms with Crippen molar-refractivity contribution in [3.63, 3.8) is 0 Å². The van der Waals surface area contributed by atoms with Crippen LogP contribution in [0.2, 0.25) is 0 Å². The highest BCUT2D eigenvalue weighted by molar-refractivity contribution is 5.67. The predicted molar refractivity (Wildman–Crippen MR) is 50.3 cm³/mol. The van der Waals surface area contributed by atoms with Gasteiger partial charge in [-0.2, -0.15) is 0 Å². The fourth-order valence-electron chi connectivity index (χ4n) is 0.682. The summed E-state index contributed by atoms with van der Waals surface area (Å²) in [6.07, 6.45) is 3.20. The molecule has 0 saturated carbocycles. The molecule has 1 amide bonds. The van der Waals surface area contributed by atoms with Gasteiger partial charge >= 0.3 is 12.1 Å². The van der Waals surface area contributed by atoms with Crippen molar-refractivity contribution in [2.45, 2.75) is 26.7 Å². The lowest BCUT2D eigenvalue weighted by Gasteiger charge is -2.11. The molecule has 0 spiro atoms. The van der Waals surface area contributed by atoms with Crippen LogP contribution in [0.25, 0.3) is 0 Å². The van der Waals surface area contributed by atoms with E-state index in [1.54, 1.807) is 6.92 Å². The average Bonchev–Trinajstić information content (AvgIpc) is 1.98. The fourth-order valence-corrected chi connectivity index (χ4v) is 0.682. The van der Waals surface area contributed by atoms with Gasteiger partial charge in [-0.15, -0.1) is 0 Å². The normalized spacial score (nSPS) is 12.6. The van der Waals surface area contributed by atoms with E-state index >= 15 is 0 Å². The first-order chi connectivity index (χ1) is 6.56. The molecule has 0 unspecified atom stereocenters. The molecule has 1 aliphatic carbocycles. The predicted octanol–water partition coefficient (Wildman–Crippen LogP) is 1.33. The smallest absolute Gasteiger partial charge is 0.404 e. The Kier molecular flexibility index (Phi) is 6.19. The Morgan fingerprint density at radius 1 is 1.57 bits per heavy atom. The molecule has 0 aromatic rings. The first-order valence-electron chi connectivity index (χ1n) is 4.36. The third kappa shape index (κ3) is 7.15. The van der Waals surface area contributed by atoms with Gasteiger partial charge in [-0.25, -0.2) is 4.79 Å². The molecule has 0 heterocycles. The molecule has 14 heavy (non-hydrogen) atoms. The number of allylic oxidation sites excluding steroid dienone is 2. The van der Waals surface area contributed by atoms with Gasteiger partial charge in [-0.3, -0.25) is 4.79 Å². The molecule has 1 rings (SSSR count). The van der Waals surface area contributed by atoms with Gasteiger partial charge in [0.15, 0.2) is 0 Å². The number of carbonyl (C=O) groups excluding carboxylic acids is 2. The third-order valence-electron chi connectivity index (χ3n) is 1.32. The first kappa shape index (κ1) is 12.5. The Morgan fingerprint density at radius 2 is 2.14 bits per heavy atom. The van der Waals surface area contributed by atoms with Crippen LogP contribution in [0.4, 0.5) is 4.79 Å². The number of primary amides is 1. The van der Waals surface area contributed by atoms with Crippen LogP contribution < -0.4 is 5.73 Å². The van der Waals surface area contributed by atoms with Crippen molar-refractivity contribution < 1.29 is 19.1 Å². The van der Waals surface area contributed by atoms with Gasteiger partial charge in [0, 0.05) is 13.3 Å². The summed E-state index contributed by atoms with van der Waals surface area (Å²) in [6, 6.07) is 0. The molecule has 0 saturated heterocycles. The fraction of sp³-hybridized carbons (Fsp3) is 0.556. The van der Waals surface area contributed by atoms with Crippen LogP contribution in [-0.4, -0.2) is 18.7 Å². The van der Waals surface area contributed by atoms with Crippen molar-refractivity contribution in [3.8, 4) is 0 Å². The highest BCUT2D eigenvalue weighted by atomic mass is 16.5. The summed E-state index contributed by atoms with van der Waals surface area (Å²) in [5.41, 5.74) is 4.54. The van der Waals surface area contributed by atoms with Crippen molar-refractivity contribution in [1.82, 2.24) is 0 Å². The van der Waals surface area contributed by atoms with Crippen LogP contribution in [0.5, 0.6) is 0 Å². The second kappa shape index (κ2) is 6.94. The summed E-state index contributed by atoms with van der Waals surface area (Å²) >= 11 is 0. The van der Waals surface area contributed by atoms with E-state index in [1.807, 2.05) is 6.08 Å². The number of amides is 1. The van der Waals surface area contributed by atoms with Gasteiger partial charge < -0.3 is 15.2 Å². The van der Waals surface area contributed by atoms with Gasteiger partial charge in [0.1, 0.15) is 5.76 Å². The Morgan fingerprint density at radius 3 is 2.21 bits per heavy atom. The molecule has 0 aromatic carbocycles. The third-order valence-corrected chi connectivity index (χ3v) is 1.32. The molecule has 2 N–H and O–H groups in total. The van der Waals surface area contributed by atoms with Gasteiger partial charge in [-0.1, -0.05) is 0 Å². The zero-order chi connectivity index (χ0) is 11.0. The van der Waals surface area contributed by atoms with E-state index in [1.165, 1.54) is 6.92 Å². The molecule has 0 fully saturated rings. The molecule has 1 aliphatic rings. The Hall–Kier alpha value is -1.52. The molecule has 0 bridgehead atoms. The zero-order valence-electron chi connectivity index (χ0n) is 8.41. The van der Waals surface area contributed by atoms with Crippen molar-refractivity contribution in [3.05, 3.63) is 11.8 Å². The maximum Gasteiger partial charge on any atom is 0.404 e. The van der Waals surface area contributed by atoms with Crippen LogP contribution in [0.1, 0.15) is 26.7 Å². The van der Waals surface area contributed by atoms with Crippen molar-refractivity contribution in [2.24, 2.45) is 5.73 Å². The number of hydrogen-bond donors (Lipinski definition) is 1. The minimum Gasteiger partial charge on any atom is -0.450 e. The molecule has 0 aromatic heterocycles. The molecule has 0 radical (unpaired) electrons. The summed E-state index contributed by atoms with van der Waals surface area (Å²) in [5, 5.41) is 0. The van der Waals surface area contributed by atoms with E-state index in [4.69, 9.17) is 4.74 Å². The standard InChI is InChI=1S/C6H8O2.C3H7NO2/c1-5(7)8-6-3-2-4-6;1-2-6-3(4)5/h3H,2,4H2,1H3;2H2,1H3,(H2,4,5). The quantitative estimate of drug-likeness (QED) is 0.683. The first-order valence-corrected chi connectivity index (χ1v) is 4.36. The second-order valence-electron chi connectivity index (χ2n) is 2.55. The van der Waals surface area contributed by atoms with Gasteiger partial charge in [0.2, 0.25) is 0 Å². The van der Waals surface area contributed by atoms with Crippen molar-refractivity contribution >= 4 is 12.1 Å². The summed E-state index contributed by atoms with van der Waals surface area (Å²) in [4.78, 5) is 19.8. The lowest BCUT2D eigenvalue weighted by atomic mass is 10.1. The van der Waals surface area contributed by atoms with E-state index < -0.39 is 6.09 Å². The molecule has 5 heteroatoms. The van der Waals surface area contributed by atoms with Crippen LogP contribution in [0.3, 0.4) is 0 Å². The van der Waals surface area contributed by atoms with Crippen LogP contribution in [0.15, 0.2) is 11.8 Å². The molecule has 0 atom stereocenters. The number of rotatable bonds is 2. The monoisotopic (exact) mass is 201 g/mol. The highest BCUT2D eigenvalue weighted by Crippen LogP contribution is 2.18. The number of ether oxygens (including phenoxy) is 2. The highest BCUT2D eigenvalue weighted by Gasteiger charge is 2.07. The number of hydrogen-bond acceptors (Lipinski definition) is 4. The molecule has 80 valence electrons. The maximum absolute atomic E-state index is 10.2. The van der Waals surface area contributed by atoms with E-state index in [0.29, 0.717) is 6.61 Å². The lowest BCUT2D eigenvalue weighted by Crippen LogP contribution is -2.11. The number of carbonyl (C=O) groups is 2. The second-order valence-corrected chi connectivity index (χ2v) is 2.55. The van der Waals surface area contributed by atoms with Crippen molar-refractivity contribution in [1.29, 1.82) is 0 Å². The van der Waals surface area contributed by atoms with Crippen molar-refractivity contribution in [2.75, 3.05) is 6.61 Å². The summed E-state index contributed by atoms with van der Waals surface area (Å²) in [6.45, 7) is 3.47. The van der Waals surface area contributed by atoms with E-state index in [-0.39, 0.29) is 5.97 Å². The van der Waals surface area contributed by atoms with Crippen LogP contribution in [-0.2, 0) is 14.3 Å². The van der Waals surface area contributed by atoms with Crippen LogP contribution in [0, 0.1) is 0 Å².